The zero-order valence-electron chi connectivity index (χ0n) is 37.5. The molecule has 0 spiro atoms. The van der Waals surface area contributed by atoms with E-state index < -0.39 is 88.3 Å². The Kier molecular flexibility index (Phi) is 19.9. The van der Waals surface area contributed by atoms with E-state index >= 15 is 0 Å². The predicted molar refractivity (Wildman–Crippen MR) is 264 cm³/mol. The van der Waals surface area contributed by atoms with Crippen molar-refractivity contribution in [3.8, 4) is 0 Å². The van der Waals surface area contributed by atoms with Gasteiger partial charge in [-0.15, -0.1) is 0 Å². The van der Waals surface area contributed by atoms with Crippen LogP contribution in [0.1, 0.15) is 78.4 Å². The fraction of sp³-hybridized carbons (Fsp3) is 0.348. The maximum absolute atomic E-state index is 13.1. The van der Waals surface area contributed by atoms with E-state index in [0.29, 0.717) is 14.7 Å². The quantitative estimate of drug-likeness (QED) is 0.0503. The second-order valence-corrected chi connectivity index (χ2v) is 31.5. The molecule has 0 fully saturated rings. The van der Waals surface area contributed by atoms with Crippen molar-refractivity contribution < 1.29 is 57.6 Å². The number of benzene rings is 5. The van der Waals surface area contributed by atoms with Crippen molar-refractivity contribution in [1.82, 2.24) is 0 Å². The van der Waals surface area contributed by atoms with E-state index in [2.05, 4.69) is 50.3 Å². The van der Waals surface area contributed by atoms with Crippen LogP contribution in [0.2, 0.25) is 0 Å². The van der Waals surface area contributed by atoms with Gasteiger partial charge in [-0.1, -0.05) is 59.0 Å². The molecular weight excluding hydrogens is 1070 g/mol. The van der Waals surface area contributed by atoms with Crippen LogP contribution in [0.25, 0.3) is 0 Å². The molecule has 364 valence electrons. The van der Waals surface area contributed by atoms with Crippen LogP contribution in [0.3, 0.4) is 0 Å². The van der Waals surface area contributed by atoms with Crippen molar-refractivity contribution >= 4 is 71.0 Å². The summed E-state index contributed by atoms with van der Waals surface area (Å²) in [6.07, 6.45) is -0.150. The van der Waals surface area contributed by atoms with Gasteiger partial charge in [0.25, 0.3) is 20.2 Å². The number of hydrogen-bond donors (Lipinski definition) is 0. The molecule has 5 rings (SSSR count). The molecule has 0 aliphatic rings. The van der Waals surface area contributed by atoms with Crippen molar-refractivity contribution in [2.75, 3.05) is 23.0 Å². The van der Waals surface area contributed by atoms with Gasteiger partial charge in [-0.05, 0) is 64.1 Å². The molecule has 0 heterocycles. The molecule has 0 N–H and O–H groups in total. The normalized spacial score (nSPS) is 13.4. The first-order chi connectivity index (χ1) is 30.8. The van der Waals surface area contributed by atoms with E-state index in [1.165, 1.54) is 0 Å². The Morgan fingerprint density at radius 1 is 0.409 bits per heavy atom. The molecule has 5 aromatic carbocycles. The summed E-state index contributed by atoms with van der Waals surface area (Å²) in [6.45, 7) is 12.7. The smallest absolute Gasteiger partial charge is 0.207 e. The molecular formula is C46H57F2IO12S5. The van der Waals surface area contributed by atoms with Gasteiger partial charge in [-0.25, -0.2) is 3.63 Å². The van der Waals surface area contributed by atoms with Gasteiger partial charge in [-0.2, -0.15) is 16.8 Å². The second kappa shape index (κ2) is 23.8. The summed E-state index contributed by atoms with van der Waals surface area (Å²) in [7, 11) is -19.3. The molecule has 0 aliphatic carbocycles. The fourth-order valence-electron chi connectivity index (χ4n) is 6.19. The summed E-state index contributed by atoms with van der Waals surface area (Å²) in [5.74, 6) is -1.99. The van der Waals surface area contributed by atoms with E-state index in [0.717, 1.165) is 18.3 Å². The largest absolute Gasteiger partial charge is 0.297 e. The van der Waals surface area contributed by atoms with Crippen LogP contribution in [-0.4, -0.2) is 56.7 Å². The maximum Gasteiger partial charge on any atom is 0.297 e. The van der Waals surface area contributed by atoms with Gasteiger partial charge in [0, 0.05) is 14.7 Å². The topological polar surface area (TPSA) is 173 Å². The van der Waals surface area contributed by atoms with Crippen LogP contribution in [0.5, 0.6) is 0 Å². The van der Waals surface area contributed by atoms with Crippen LogP contribution < -0.4 is 0 Å². The van der Waals surface area contributed by atoms with Crippen molar-refractivity contribution in [1.29, 1.82) is 0 Å². The number of hydrogen-bond acceptors (Lipinski definition) is 12. The zero-order valence-corrected chi connectivity index (χ0v) is 43.8. The summed E-state index contributed by atoms with van der Waals surface area (Å²) >= 11 is -2.83. The Morgan fingerprint density at radius 3 is 0.985 bits per heavy atom. The van der Waals surface area contributed by atoms with Gasteiger partial charge < -0.3 is 0 Å². The SMILES string of the molecule is CC(C)(C)c1ccc(I(OS(=O)(=O)CCCCS(=O)(=O)OF)c2ccc(C(C)(C)C)cc2)cc1.O=S(=O)(CCCCS(=O)(=O)OS(c1ccccc1)(c1ccccc1)c1ccccc1)OF. The third-order valence-corrected chi connectivity index (χ3v) is 24.4. The third-order valence-electron chi connectivity index (χ3n) is 9.68. The number of rotatable bonds is 21. The van der Waals surface area contributed by atoms with Crippen LogP contribution in [0, 0.1) is 7.14 Å². The van der Waals surface area contributed by atoms with Gasteiger partial charge in [0.2, 0.25) is 0 Å². The molecule has 0 saturated heterocycles. The first-order valence-electron chi connectivity index (χ1n) is 20.6. The van der Waals surface area contributed by atoms with Gasteiger partial charge in [0.05, 0.1) is 11.5 Å². The average molecular weight is 1130 g/mol. The van der Waals surface area contributed by atoms with Crippen molar-refractivity contribution in [3.05, 3.63) is 158 Å². The molecule has 0 aliphatic heterocycles. The summed E-state index contributed by atoms with van der Waals surface area (Å²) in [4.78, 5) is 2.11. The molecule has 5 aromatic rings. The monoisotopic (exact) mass is 1130 g/mol. The molecule has 0 atom stereocenters. The number of unbranched alkanes of at least 4 members (excludes halogenated alkanes) is 2. The van der Waals surface area contributed by atoms with Crippen molar-refractivity contribution in [2.45, 2.75) is 92.7 Å². The third kappa shape index (κ3) is 16.7. The molecule has 0 unspecified atom stereocenters. The van der Waals surface area contributed by atoms with Crippen LogP contribution in [-0.2, 0) is 66.2 Å². The Labute approximate surface area is 399 Å². The summed E-state index contributed by atoms with van der Waals surface area (Å²) in [5.41, 5.74) is 2.19. The molecule has 66 heavy (non-hydrogen) atoms. The van der Waals surface area contributed by atoms with E-state index in [-0.39, 0.29) is 42.3 Å². The molecule has 0 aromatic heterocycles. The molecule has 0 radical (unpaired) electrons. The summed E-state index contributed by atoms with van der Waals surface area (Å²) < 4.78 is 140. The molecule has 12 nitrogen and oxygen atoms in total. The van der Waals surface area contributed by atoms with Gasteiger partial charge >= 0.3 is 212 Å². The van der Waals surface area contributed by atoms with E-state index in [1.54, 1.807) is 0 Å². The van der Waals surface area contributed by atoms with Crippen molar-refractivity contribution in [3.63, 3.8) is 0 Å². The standard InChI is InChI=1S/C24H34FIO6S2.C22H23FO6S3/c1-23(2,3)19-9-13-21(14-10-19)26(22-15-11-20(12-16-22)24(4,5)6)32-34(29,30)18-8-7-17-33(27,28)31-25;23-28-30(24,25)18-10-11-19-31(26,27)29-32(20-12-4-1-5-13-20,21-14-6-2-7-15-21)22-16-8-3-9-17-22/h9-16H,7-8,17-18H2,1-6H3;1-9,12-17H,10-11,18-19H2. The predicted octanol–water partition coefficient (Wildman–Crippen LogP) is 11.3. The van der Waals surface area contributed by atoms with Crippen LogP contribution in [0.4, 0.5) is 9.05 Å². The van der Waals surface area contributed by atoms with Gasteiger partial charge in [-0.3, -0.25) is 0 Å². The zero-order chi connectivity index (χ0) is 48.9. The molecule has 20 heteroatoms. The van der Waals surface area contributed by atoms with E-state index in [9.17, 15) is 42.7 Å². The first kappa shape index (κ1) is 55.3. The molecule has 0 bridgehead atoms. The second-order valence-electron chi connectivity index (χ2n) is 17.0. The Balaban J connectivity index is 0.000000289. The van der Waals surface area contributed by atoms with E-state index in [1.807, 2.05) is 140 Å². The minimum absolute atomic E-state index is 0.0147. The summed E-state index contributed by atoms with van der Waals surface area (Å²) in [5, 5.41) is 0. The van der Waals surface area contributed by atoms with Gasteiger partial charge in [0.1, 0.15) is 0 Å². The minimum Gasteiger partial charge on any atom is -0.207 e. The average Bonchev–Trinajstić information content (AvgIpc) is 3.28. The Bertz CT molecular complexity index is 2580. The van der Waals surface area contributed by atoms with E-state index in [4.69, 9.17) is 6.14 Å². The van der Waals surface area contributed by atoms with Crippen molar-refractivity contribution in [2.24, 2.45) is 0 Å². The molecule has 0 amide bonds. The summed E-state index contributed by atoms with van der Waals surface area (Å²) in [6, 6.07) is 43.2. The first-order valence-corrected chi connectivity index (χ1v) is 31.6. The van der Waals surface area contributed by atoms with Crippen LogP contribution in [0.15, 0.2) is 154 Å². The van der Waals surface area contributed by atoms with Gasteiger partial charge in [0.15, 0.2) is 0 Å². The Morgan fingerprint density at radius 2 is 0.697 bits per heavy atom. The maximum atomic E-state index is 13.1. The Hall–Kier alpha value is -3.32. The fourth-order valence-corrected chi connectivity index (χ4v) is 20.0. The number of halogens is 3. The molecule has 0 saturated carbocycles. The van der Waals surface area contributed by atoms with Crippen LogP contribution >= 0.6 is 30.5 Å². The minimum atomic E-state index is -4.30.